The molecule has 0 aliphatic heterocycles. The van der Waals surface area contributed by atoms with Gasteiger partial charge in [0.05, 0.1) is 5.92 Å². The molecule has 5 aromatic rings. The van der Waals surface area contributed by atoms with Crippen LogP contribution in [-0.2, 0) is 4.79 Å². The molecule has 0 fully saturated rings. The van der Waals surface area contributed by atoms with Crippen LogP contribution in [0.2, 0.25) is 0 Å². The van der Waals surface area contributed by atoms with Crippen molar-refractivity contribution < 1.29 is 9.53 Å². The van der Waals surface area contributed by atoms with E-state index in [2.05, 4.69) is 114 Å². The first-order valence-corrected chi connectivity index (χ1v) is 13.2. The van der Waals surface area contributed by atoms with Gasteiger partial charge in [0.25, 0.3) is 0 Å². The van der Waals surface area contributed by atoms with Crippen molar-refractivity contribution in [2.45, 2.75) is 13.8 Å². The second-order valence-electron chi connectivity index (χ2n) is 9.65. The van der Waals surface area contributed by atoms with Crippen molar-refractivity contribution in [3.8, 4) is 16.9 Å². The lowest BCUT2D eigenvalue weighted by Gasteiger charge is -2.25. The number of carbonyl (C=O) groups is 1. The van der Waals surface area contributed by atoms with E-state index in [1.165, 1.54) is 11.1 Å². The maximum absolute atomic E-state index is 11.8. The predicted molar refractivity (Wildman–Crippen MR) is 162 cm³/mol. The maximum Gasteiger partial charge on any atom is 0.313 e. The minimum Gasteiger partial charge on any atom is -0.426 e. The monoisotopic (exact) mass is 509 g/mol. The first-order valence-electron chi connectivity index (χ1n) is 13.2. The second kappa shape index (κ2) is 12.1. The van der Waals surface area contributed by atoms with E-state index in [1.54, 1.807) is 0 Å². The number of esters is 1. The SMILES string of the molecule is CC(C)C(=O)Oc1ccc(C=Cc2ccc(N(c3ccccc3)c3ccc(-c4ccccc4)cc3)cc2)cc1. The molecule has 192 valence electrons. The van der Waals surface area contributed by atoms with Gasteiger partial charge in [0.1, 0.15) is 5.75 Å². The smallest absolute Gasteiger partial charge is 0.313 e. The molecule has 3 nitrogen and oxygen atoms in total. The highest BCUT2D eigenvalue weighted by atomic mass is 16.5. The molecule has 0 unspecified atom stereocenters. The van der Waals surface area contributed by atoms with Crippen LogP contribution < -0.4 is 9.64 Å². The maximum atomic E-state index is 11.8. The average molecular weight is 510 g/mol. The molecule has 5 rings (SSSR count). The molecule has 0 saturated carbocycles. The molecule has 0 bridgehead atoms. The van der Waals surface area contributed by atoms with E-state index in [-0.39, 0.29) is 11.9 Å². The lowest BCUT2D eigenvalue weighted by molar-refractivity contribution is -0.137. The Bertz CT molecular complexity index is 1520. The number of anilines is 3. The van der Waals surface area contributed by atoms with Gasteiger partial charge < -0.3 is 9.64 Å². The van der Waals surface area contributed by atoms with Crippen molar-refractivity contribution in [2.24, 2.45) is 5.92 Å². The number of carbonyl (C=O) groups excluding carboxylic acids is 1. The van der Waals surface area contributed by atoms with E-state index in [1.807, 2.05) is 50.2 Å². The topological polar surface area (TPSA) is 29.5 Å². The highest BCUT2D eigenvalue weighted by Gasteiger charge is 2.12. The van der Waals surface area contributed by atoms with Crippen molar-refractivity contribution in [2.75, 3.05) is 4.90 Å². The number of ether oxygens (including phenoxy) is 1. The van der Waals surface area contributed by atoms with Crippen molar-refractivity contribution in [3.63, 3.8) is 0 Å². The Labute approximate surface area is 230 Å². The van der Waals surface area contributed by atoms with E-state index in [9.17, 15) is 4.79 Å². The van der Waals surface area contributed by atoms with Gasteiger partial charge in [-0.1, -0.05) is 111 Å². The summed E-state index contributed by atoms with van der Waals surface area (Å²) in [6.07, 6.45) is 4.14. The molecule has 0 atom stereocenters. The zero-order valence-electron chi connectivity index (χ0n) is 22.2. The van der Waals surface area contributed by atoms with Crippen molar-refractivity contribution >= 4 is 35.2 Å². The van der Waals surface area contributed by atoms with E-state index >= 15 is 0 Å². The van der Waals surface area contributed by atoms with Crippen LogP contribution >= 0.6 is 0 Å². The Morgan fingerprint density at radius 3 is 1.54 bits per heavy atom. The Morgan fingerprint density at radius 1 is 0.564 bits per heavy atom. The summed E-state index contributed by atoms with van der Waals surface area (Å²) < 4.78 is 5.36. The normalized spacial score (nSPS) is 11.1. The Kier molecular flexibility index (Phi) is 7.99. The fourth-order valence-corrected chi connectivity index (χ4v) is 4.27. The number of nitrogens with zero attached hydrogens (tertiary/aromatic N) is 1. The molecule has 5 aromatic carbocycles. The fraction of sp³-hybridized carbons (Fsp3) is 0.0833. The molecule has 0 radical (unpaired) electrons. The van der Waals surface area contributed by atoms with Crippen LogP contribution in [0.4, 0.5) is 17.1 Å². The van der Waals surface area contributed by atoms with Crippen LogP contribution in [0.25, 0.3) is 23.3 Å². The molecular formula is C36H31NO2. The fourth-order valence-electron chi connectivity index (χ4n) is 4.27. The first kappa shape index (κ1) is 25.7. The van der Waals surface area contributed by atoms with Crippen LogP contribution in [0.1, 0.15) is 25.0 Å². The van der Waals surface area contributed by atoms with E-state index in [4.69, 9.17) is 4.74 Å². The summed E-state index contributed by atoms with van der Waals surface area (Å²) in [5.74, 6) is 0.182. The molecule has 0 aliphatic carbocycles. The third-order valence-electron chi connectivity index (χ3n) is 6.44. The third kappa shape index (κ3) is 6.52. The van der Waals surface area contributed by atoms with Gasteiger partial charge in [0.2, 0.25) is 0 Å². The Hall–Kier alpha value is -4.89. The molecule has 39 heavy (non-hydrogen) atoms. The largest absolute Gasteiger partial charge is 0.426 e. The average Bonchev–Trinajstić information content (AvgIpc) is 2.99. The summed E-state index contributed by atoms with van der Waals surface area (Å²) in [5.41, 5.74) is 7.82. The summed E-state index contributed by atoms with van der Waals surface area (Å²) in [7, 11) is 0. The van der Waals surface area contributed by atoms with Crippen LogP contribution in [-0.4, -0.2) is 5.97 Å². The predicted octanol–water partition coefficient (Wildman–Crippen LogP) is 9.56. The molecule has 0 N–H and O–H groups in total. The minimum atomic E-state index is -0.227. The van der Waals surface area contributed by atoms with Gasteiger partial charge >= 0.3 is 5.97 Å². The number of hydrogen-bond donors (Lipinski definition) is 0. The summed E-state index contributed by atoms with van der Waals surface area (Å²) in [5, 5.41) is 0. The molecule has 0 spiro atoms. The summed E-state index contributed by atoms with van der Waals surface area (Å²) in [6, 6.07) is 45.6. The number of hydrogen-bond acceptors (Lipinski definition) is 3. The van der Waals surface area contributed by atoms with Gasteiger partial charge in [-0.15, -0.1) is 0 Å². The summed E-state index contributed by atoms with van der Waals surface area (Å²) in [4.78, 5) is 14.1. The van der Waals surface area contributed by atoms with Crippen LogP contribution in [0.3, 0.4) is 0 Å². The lowest BCUT2D eigenvalue weighted by atomic mass is 10.0. The third-order valence-corrected chi connectivity index (χ3v) is 6.44. The molecule has 0 aromatic heterocycles. The van der Waals surface area contributed by atoms with Crippen molar-refractivity contribution in [1.82, 2.24) is 0 Å². The van der Waals surface area contributed by atoms with Gasteiger partial charge in [-0.3, -0.25) is 4.79 Å². The minimum absolute atomic E-state index is 0.154. The molecule has 0 saturated heterocycles. The molecule has 3 heteroatoms. The lowest BCUT2D eigenvalue weighted by Crippen LogP contribution is -2.14. The summed E-state index contributed by atoms with van der Waals surface area (Å²) >= 11 is 0. The highest BCUT2D eigenvalue weighted by molar-refractivity contribution is 5.79. The van der Waals surface area contributed by atoms with E-state index < -0.39 is 0 Å². The second-order valence-corrected chi connectivity index (χ2v) is 9.65. The van der Waals surface area contributed by atoms with Crippen LogP contribution in [0, 0.1) is 5.92 Å². The Morgan fingerprint density at radius 2 is 1.00 bits per heavy atom. The molecular weight excluding hydrogens is 478 g/mol. The first-order chi connectivity index (χ1) is 19.1. The highest BCUT2D eigenvalue weighted by Crippen LogP contribution is 2.35. The van der Waals surface area contributed by atoms with Crippen molar-refractivity contribution in [1.29, 1.82) is 0 Å². The van der Waals surface area contributed by atoms with Crippen LogP contribution in [0.15, 0.2) is 133 Å². The van der Waals surface area contributed by atoms with E-state index in [0.717, 1.165) is 28.2 Å². The number of rotatable bonds is 8. The zero-order valence-corrected chi connectivity index (χ0v) is 22.2. The quantitative estimate of drug-likeness (QED) is 0.118. The van der Waals surface area contributed by atoms with Gasteiger partial charge in [-0.2, -0.15) is 0 Å². The molecule has 0 aliphatic rings. The van der Waals surface area contributed by atoms with Gasteiger partial charge in [-0.05, 0) is 70.8 Å². The van der Waals surface area contributed by atoms with Gasteiger partial charge in [0.15, 0.2) is 0 Å². The van der Waals surface area contributed by atoms with Gasteiger partial charge in [0, 0.05) is 17.1 Å². The number of benzene rings is 5. The molecule has 0 amide bonds. The van der Waals surface area contributed by atoms with Crippen LogP contribution in [0.5, 0.6) is 5.75 Å². The van der Waals surface area contributed by atoms with Crippen molar-refractivity contribution in [3.05, 3.63) is 145 Å². The Balaban J connectivity index is 1.35. The van der Waals surface area contributed by atoms with E-state index in [0.29, 0.717) is 5.75 Å². The molecule has 0 heterocycles. The standard InChI is InChI=1S/C36H31NO2/c1-27(2)36(38)39-35-25-17-29(18-26-35)14-13-28-15-21-33(22-16-28)37(32-11-7-4-8-12-32)34-23-19-31(20-24-34)30-9-5-3-6-10-30/h3-27H,1-2H3. The number of para-hydroxylation sites is 1. The van der Waals surface area contributed by atoms with Gasteiger partial charge in [-0.25, -0.2) is 0 Å². The zero-order chi connectivity index (χ0) is 27.0. The summed E-state index contributed by atoms with van der Waals surface area (Å²) in [6.45, 7) is 3.65.